The zero-order chi connectivity index (χ0) is 18.0. The van der Waals surface area contributed by atoms with E-state index in [0.717, 1.165) is 12.8 Å². The molecule has 0 bridgehead atoms. The number of nitrogens with two attached hydrogens (primary N) is 1. The molecule has 9 heteroatoms. The van der Waals surface area contributed by atoms with Gasteiger partial charge in [0.2, 0.25) is 20.0 Å². The van der Waals surface area contributed by atoms with Crippen molar-refractivity contribution in [3.63, 3.8) is 0 Å². The molecular formula is C15H25N3O4S2. The van der Waals surface area contributed by atoms with Crippen LogP contribution >= 0.6 is 0 Å². The smallest absolute Gasteiger partial charge is 0.241 e. The highest BCUT2D eigenvalue weighted by Crippen LogP contribution is 2.24. The topological polar surface area (TPSA) is 118 Å². The lowest BCUT2D eigenvalue weighted by Crippen LogP contribution is -2.52. The molecule has 0 atom stereocenters. The van der Waals surface area contributed by atoms with Crippen molar-refractivity contribution < 1.29 is 16.8 Å². The molecule has 0 unspecified atom stereocenters. The van der Waals surface area contributed by atoms with Crippen LogP contribution in [-0.2, 0) is 20.0 Å². The quantitative estimate of drug-likeness (QED) is 0.593. The summed E-state index contributed by atoms with van der Waals surface area (Å²) in [6.07, 6.45) is 2.70. The van der Waals surface area contributed by atoms with Gasteiger partial charge in [-0.3, -0.25) is 0 Å². The number of benzene rings is 1. The van der Waals surface area contributed by atoms with Gasteiger partial charge in [-0.1, -0.05) is 19.9 Å². The largest absolute Gasteiger partial charge is 0.329 e. The van der Waals surface area contributed by atoms with Gasteiger partial charge in [0.15, 0.2) is 0 Å². The average molecular weight is 376 g/mol. The fourth-order valence-electron chi connectivity index (χ4n) is 2.37. The van der Waals surface area contributed by atoms with E-state index < -0.39 is 25.6 Å². The number of hydrogen-bond acceptors (Lipinski definition) is 5. The zero-order valence-corrected chi connectivity index (χ0v) is 15.6. The lowest BCUT2D eigenvalue weighted by Gasteiger charge is -2.31. The van der Waals surface area contributed by atoms with Gasteiger partial charge >= 0.3 is 0 Å². The van der Waals surface area contributed by atoms with Crippen molar-refractivity contribution in [3.8, 4) is 0 Å². The molecule has 1 fully saturated rings. The lowest BCUT2D eigenvalue weighted by atomic mass is 9.95. The van der Waals surface area contributed by atoms with Crippen molar-refractivity contribution in [2.24, 2.45) is 5.73 Å². The Balaban J connectivity index is 2.32. The molecule has 1 aliphatic carbocycles. The predicted molar refractivity (Wildman–Crippen MR) is 92.5 cm³/mol. The summed E-state index contributed by atoms with van der Waals surface area (Å²) < 4.78 is 55.0. The van der Waals surface area contributed by atoms with Crippen LogP contribution in [0.4, 0.5) is 0 Å². The second-order valence-corrected chi connectivity index (χ2v) is 9.56. The van der Waals surface area contributed by atoms with Crippen molar-refractivity contribution in [2.75, 3.05) is 6.54 Å². The third-order valence-electron chi connectivity index (χ3n) is 4.42. The van der Waals surface area contributed by atoms with Crippen LogP contribution in [0.25, 0.3) is 0 Å². The molecule has 1 saturated carbocycles. The molecule has 0 aromatic heterocycles. The summed E-state index contributed by atoms with van der Waals surface area (Å²) in [5.41, 5.74) is 5.01. The van der Waals surface area contributed by atoms with Gasteiger partial charge in [-0.25, -0.2) is 26.3 Å². The Kier molecular flexibility index (Phi) is 5.71. The summed E-state index contributed by atoms with van der Waals surface area (Å²) in [5.74, 6) is 0. The van der Waals surface area contributed by atoms with Crippen molar-refractivity contribution in [1.82, 2.24) is 9.44 Å². The number of sulfonamides is 2. The highest BCUT2D eigenvalue weighted by molar-refractivity contribution is 7.90. The number of nitrogens with one attached hydrogen (secondary N) is 2. The summed E-state index contributed by atoms with van der Waals surface area (Å²) in [5, 5.41) is 0. The van der Waals surface area contributed by atoms with E-state index in [1.807, 2.05) is 13.8 Å². The minimum Gasteiger partial charge on any atom is -0.329 e. The molecule has 0 spiro atoms. The molecule has 0 heterocycles. The van der Waals surface area contributed by atoms with Crippen molar-refractivity contribution in [1.29, 1.82) is 0 Å². The molecule has 24 heavy (non-hydrogen) atoms. The van der Waals surface area contributed by atoms with Crippen LogP contribution in [-0.4, -0.2) is 35.0 Å². The predicted octanol–water partition coefficient (Wildman–Crippen LogP) is 0.923. The molecule has 136 valence electrons. The van der Waals surface area contributed by atoms with Crippen LogP contribution < -0.4 is 15.2 Å². The molecule has 1 aliphatic rings. The van der Waals surface area contributed by atoms with Crippen LogP contribution in [0.2, 0.25) is 0 Å². The van der Waals surface area contributed by atoms with Gasteiger partial charge in [-0.2, -0.15) is 0 Å². The summed E-state index contributed by atoms with van der Waals surface area (Å²) in [4.78, 5) is -0.135. The van der Waals surface area contributed by atoms with Crippen LogP contribution in [0.3, 0.4) is 0 Å². The summed E-state index contributed by atoms with van der Waals surface area (Å²) in [7, 11) is -7.58. The van der Waals surface area contributed by atoms with E-state index >= 15 is 0 Å². The van der Waals surface area contributed by atoms with E-state index in [0.29, 0.717) is 12.8 Å². The van der Waals surface area contributed by atoms with Crippen LogP contribution in [0.1, 0.15) is 39.5 Å². The lowest BCUT2D eigenvalue weighted by molar-refractivity contribution is 0.363. The Labute approximate surface area is 144 Å². The fraction of sp³-hybridized carbons (Fsp3) is 0.600. The third kappa shape index (κ3) is 4.34. The Morgan fingerprint density at radius 1 is 1.08 bits per heavy atom. The summed E-state index contributed by atoms with van der Waals surface area (Å²) in [6, 6.07) is 5.33. The first-order valence-electron chi connectivity index (χ1n) is 8.04. The normalized spacial score (nSPS) is 16.3. The zero-order valence-electron chi connectivity index (χ0n) is 13.9. The first-order chi connectivity index (χ1) is 11.2. The third-order valence-corrected chi connectivity index (χ3v) is 7.51. The average Bonchev–Trinajstić information content (AvgIpc) is 3.36. The molecular weight excluding hydrogens is 350 g/mol. The second kappa shape index (κ2) is 7.09. The molecule has 0 amide bonds. The van der Waals surface area contributed by atoms with Gasteiger partial charge in [-0.05, 0) is 43.9 Å². The van der Waals surface area contributed by atoms with E-state index in [4.69, 9.17) is 5.73 Å². The maximum atomic E-state index is 12.7. The molecule has 0 radical (unpaired) electrons. The first kappa shape index (κ1) is 19.3. The second-order valence-electron chi connectivity index (χ2n) is 6.17. The van der Waals surface area contributed by atoms with Crippen LogP contribution in [0, 0.1) is 0 Å². The maximum Gasteiger partial charge on any atom is 0.241 e. The Morgan fingerprint density at radius 2 is 1.62 bits per heavy atom. The van der Waals surface area contributed by atoms with Gasteiger partial charge in [0, 0.05) is 18.1 Å². The van der Waals surface area contributed by atoms with Crippen molar-refractivity contribution in [3.05, 3.63) is 24.3 Å². The Morgan fingerprint density at radius 3 is 2.08 bits per heavy atom. The maximum absolute atomic E-state index is 12.7. The molecule has 2 rings (SSSR count). The Bertz CT molecular complexity index is 774. The van der Waals surface area contributed by atoms with Gasteiger partial charge in [-0.15, -0.1) is 0 Å². The van der Waals surface area contributed by atoms with Crippen molar-refractivity contribution >= 4 is 20.0 Å². The van der Waals surface area contributed by atoms with Gasteiger partial charge < -0.3 is 5.73 Å². The van der Waals surface area contributed by atoms with E-state index in [-0.39, 0.29) is 22.4 Å². The van der Waals surface area contributed by atoms with Gasteiger partial charge in [0.25, 0.3) is 0 Å². The van der Waals surface area contributed by atoms with Gasteiger partial charge in [0.05, 0.1) is 9.79 Å². The summed E-state index contributed by atoms with van der Waals surface area (Å²) in [6.45, 7) is 3.89. The van der Waals surface area contributed by atoms with Gasteiger partial charge in [0.1, 0.15) is 0 Å². The number of rotatable bonds is 9. The standard InChI is InChI=1S/C15H25N3O4S2/c1-3-15(4-2,11-16)18-24(21,22)14-7-5-6-13(10-14)23(19,20)17-12-8-9-12/h5-7,10,12,17-18H,3-4,8-9,11,16H2,1-2H3. The highest BCUT2D eigenvalue weighted by Gasteiger charge is 2.32. The van der Waals surface area contributed by atoms with E-state index in [9.17, 15) is 16.8 Å². The minimum absolute atomic E-state index is 0.0431. The van der Waals surface area contributed by atoms with E-state index in [1.54, 1.807) is 0 Å². The first-order valence-corrected chi connectivity index (χ1v) is 11.0. The van der Waals surface area contributed by atoms with E-state index in [1.165, 1.54) is 24.3 Å². The number of hydrogen-bond donors (Lipinski definition) is 3. The Hall–Kier alpha value is -1.00. The van der Waals surface area contributed by atoms with E-state index in [2.05, 4.69) is 9.44 Å². The van der Waals surface area contributed by atoms with Crippen LogP contribution in [0.15, 0.2) is 34.1 Å². The monoisotopic (exact) mass is 375 g/mol. The van der Waals surface area contributed by atoms with Crippen molar-refractivity contribution in [2.45, 2.75) is 60.9 Å². The SMILES string of the molecule is CCC(CC)(CN)NS(=O)(=O)c1cccc(S(=O)(=O)NC2CC2)c1. The molecule has 0 aliphatic heterocycles. The molecule has 4 N–H and O–H groups in total. The van der Waals surface area contributed by atoms with Crippen LogP contribution in [0.5, 0.6) is 0 Å². The molecule has 1 aromatic carbocycles. The molecule has 0 saturated heterocycles. The highest BCUT2D eigenvalue weighted by atomic mass is 32.2. The minimum atomic E-state index is -3.87. The fourth-order valence-corrected chi connectivity index (χ4v) is 5.39. The summed E-state index contributed by atoms with van der Waals surface area (Å²) >= 11 is 0. The molecule has 1 aromatic rings. The molecule has 7 nitrogen and oxygen atoms in total.